The van der Waals surface area contributed by atoms with Gasteiger partial charge in [-0.15, -0.1) is 0 Å². The molecule has 0 aliphatic carbocycles. The Balaban J connectivity index is 1.99. The summed E-state index contributed by atoms with van der Waals surface area (Å²) in [5.41, 5.74) is 4.65. The van der Waals surface area contributed by atoms with Crippen molar-refractivity contribution in [3.8, 4) is 5.75 Å². The fourth-order valence-corrected chi connectivity index (χ4v) is 2.40. The van der Waals surface area contributed by atoms with Crippen LogP contribution < -0.4 is 10.5 Å². The average Bonchev–Trinajstić information content (AvgIpc) is 2.53. The molecule has 0 aromatic heterocycles. The predicted molar refractivity (Wildman–Crippen MR) is 77.5 cm³/mol. The number of benzene rings is 1. The Bertz CT molecular complexity index is 582. The minimum atomic E-state index is -0.864. The number of piperidine rings is 1. The molecule has 1 heterocycles. The fraction of sp³-hybridized carbons (Fsp3) is 0.429. The van der Waals surface area contributed by atoms with E-state index in [0.29, 0.717) is 31.4 Å². The zero-order valence-corrected chi connectivity index (χ0v) is 11.9. The third-order valence-corrected chi connectivity index (χ3v) is 3.71. The molecular weight excluding hydrogens is 290 g/mol. The number of hydrogen-bond donors (Lipinski definition) is 1. The zero-order valence-electron chi connectivity index (χ0n) is 11.9. The van der Waals surface area contributed by atoms with Gasteiger partial charge in [0, 0.05) is 19.2 Å². The van der Waals surface area contributed by atoms with Crippen molar-refractivity contribution in [1.29, 1.82) is 0 Å². The van der Waals surface area contributed by atoms with Crippen molar-refractivity contribution in [1.82, 2.24) is 4.90 Å². The van der Waals surface area contributed by atoms with Crippen LogP contribution in [0.25, 0.3) is 0 Å². The number of carbonyl (C=O) groups is 2. The molecule has 1 aromatic rings. The third kappa shape index (κ3) is 3.72. The molecule has 8 heteroatoms. The van der Waals surface area contributed by atoms with E-state index in [2.05, 4.69) is 0 Å². The number of nitrogens with zero attached hydrogens (tertiary/aromatic N) is 2. The normalized spacial score (nSPS) is 15.4. The summed E-state index contributed by atoms with van der Waals surface area (Å²) in [6, 6.07) is 3.95. The first-order valence-corrected chi connectivity index (χ1v) is 6.91. The number of nitrogens with two attached hydrogens (primary N) is 1. The van der Waals surface area contributed by atoms with Gasteiger partial charge in [-0.05, 0) is 30.9 Å². The van der Waals surface area contributed by atoms with Crippen LogP contribution in [0.2, 0.25) is 0 Å². The van der Waals surface area contributed by atoms with Gasteiger partial charge in [0.1, 0.15) is 11.3 Å². The molecule has 0 spiro atoms. The van der Waals surface area contributed by atoms with Crippen molar-refractivity contribution >= 4 is 18.0 Å². The standard InChI is InChI=1S/C14H17N3O5/c15-14(19)12-7-11(1-2-13(12)17(20)21)22-8-10-3-5-16(9-18)6-4-10/h1-2,7,9-10H,3-6,8H2,(H2,15,19). The smallest absolute Gasteiger partial charge is 0.282 e. The number of nitro groups is 1. The van der Waals surface area contributed by atoms with Gasteiger partial charge in [-0.2, -0.15) is 0 Å². The van der Waals surface area contributed by atoms with E-state index in [4.69, 9.17) is 10.5 Å². The van der Waals surface area contributed by atoms with E-state index < -0.39 is 10.8 Å². The highest BCUT2D eigenvalue weighted by Gasteiger charge is 2.21. The first-order chi connectivity index (χ1) is 10.5. The fourth-order valence-electron chi connectivity index (χ4n) is 2.40. The van der Waals surface area contributed by atoms with Gasteiger partial charge >= 0.3 is 0 Å². The number of amides is 2. The van der Waals surface area contributed by atoms with E-state index in [9.17, 15) is 19.7 Å². The van der Waals surface area contributed by atoms with Crippen molar-refractivity contribution in [3.63, 3.8) is 0 Å². The van der Waals surface area contributed by atoms with Crippen LogP contribution in [0, 0.1) is 16.0 Å². The summed E-state index contributed by atoms with van der Waals surface area (Å²) in [5.74, 6) is -0.183. The maximum absolute atomic E-state index is 11.3. The Morgan fingerprint density at radius 2 is 2.14 bits per heavy atom. The number of rotatable bonds is 6. The molecule has 1 saturated heterocycles. The molecule has 0 unspecified atom stereocenters. The number of carbonyl (C=O) groups excluding carboxylic acids is 2. The minimum Gasteiger partial charge on any atom is -0.493 e. The molecule has 1 aliphatic heterocycles. The Morgan fingerprint density at radius 3 is 2.68 bits per heavy atom. The molecule has 0 saturated carbocycles. The lowest BCUT2D eigenvalue weighted by molar-refractivity contribution is -0.385. The van der Waals surface area contributed by atoms with Gasteiger partial charge in [-0.25, -0.2) is 0 Å². The lowest BCUT2D eigenvalue weighted by Gasteiger charge is -2.28. The largest absolute Gasteiger partial charge is 0.493 e. The van der Waals surface area contributed by atoms with Gasteiger partial charge in [-0.1, -0.05) is 0 Å². The quantitative estimate of drug-likeness (QED) is 0.477. The van der Waals surface area contributed by atoms with E-state index in [0.717, 1.165) is 19.3 Å². The van der Waals surface area contributed by atoms with Crippen LogP contribution in [0.15, 0.2) is 18.2 Å². The summed E-state index contributed by atoms with van der Waals surface area (Å²) in [5, 5.41) is 10.8. The van der Waals surface area contributed by atoms with Crippen LogP contribution in [-0.2, 0) is 4.79 Å². The number of nitro benzene ring substituents is 1. The van der Waals surface area contributed by atoms with Crippen LogP contribution in [0.1, 0.15) is 23.2 Å². The highest BCUT2D eigenvalue weighted by Crippen LogP contribution is 2.25. The second-order valence-corrected chi connectivity index (χ2v) is 5.20. The molecule has 2 rings (SSSR count). The summed E-state index contributed by atoms with van der Waals surface area (Å²) in [6.07, 6.45) is 2.52. The van der Waals surface area contributed by atoms with Crippen molar-refractivity contribution in [2.24, 2.45) is 11.7 Å². The number of primary amides is 1. The third-order valence-electron chi connectivity index (χ3n) is 3.71. The topological polar surface area (TPSA) is 116 Å². The van der Waals surface area contributed by atoms with Crippen LogP contribution in [0.5, 0.6) is 5.75 Å². The lowest BCUT2D eigenvalue weighted by atomic mass is 9.98. The monoisotopic (exact) mass is 307 g/mol. The van der Waals surface area contributed by atoms with Crippen LogP contribution in [0.3, 0.4) is 0 Å². The summed E-state index contributed by atoms with van der Waals surface area (Å²) in [4.78, 5) is 33.8. The summed E-state index contributed by atoms with van der Waals surface area (Å²) >= 11 is 0. The molecule has 1 aliphatic rings. The highest BCUT2D eigenvalue weighted by atomic mass is 16.6. The van der Waals surface area contributed by atoms with Gasteiger partial charge in [-0.3, -0.25) is 19.7 Å². The molecular formula is C14H17N3O5. The van der Waals surface area contributed by atoms with Gasteiger partial charge in [0.25, 0.3) is 11.6 Å². The maximum Gasteiger partial charge on any atom is 0.282 e. The van der Waals surface area contributed by atoms with Crippen molar-refractivity contribution < 1.29 is 19.2 Å². The molecule has 1 aromatic carbocycles. The molecule has 1 fully saturated rings. The van der Waals surface area contributed by atoms with Crippen LogP contribution >= 0.6 is 0 Å². The SMILES string of the molecule is NC(=O)c1cc(OCC2CCN(C=O)CC2)ccc1[N+](=O)[O-]. The lowest BCUT2D eigenvalue weighted by Crippen LogP contribution is -2.34. The molecule has 0 radical (unpaired) electrons. The van der Waals surface area contributed by atoms with Gasteiger partial charge in [0.15, 0.2) is 0 Å². The van der Waals surface area contributed by atoms with E-state index in [-0.39, 0.29) is 11.3 Å². The van der Waals surface area contributed by atoms with Gasteiger partial charge < -0.3 is 15.4 Å². The van der Waals surface area contributed by atoms with E-state index in [1.54, 1.807) is 4.90 Å². The predicted octanol–water partition coefficient (Wildman–Crippen LogP) is 0.941. The number of likely N-dealkylation sites (tertiary alicyclic amines) is 1. The molecule has 2 N–H and O–H groups in total. The number of ether oxygens (including phenoxy) is 1. The molecule has 2 amide bonds. The number of hydrogen-bond acceptors (Lipinski definition) is 5. The molecule has 0 bridgehead atoms. The minimum absolute atomic E-state index is 0.168. The Labute approximate surface area is 127 Å². The molecule has 22 heavy (non-hydrogen) atoms. The van der Waals surface area contributed by atoms with Crippen LogP contribution in [0.4, 0.5) is 5.69 Å². The Morgan fingerprint density at radius 1 is 1.45 bits per heavy atom. The molecule has 8 nitrogen and oxygen atoms in total. The van der Waals surface area contributed by atoms with Crippen LogP contribution in [-0.4, -0.2) is 41.8 Å². The first-order valence-electron chi connectivity index (χ1n) is 6.91. The molecule has 118 valence electrons. The Hall–Kier alpha value is -2.64. The van der Waals surface area contributed by atoms with E-state index in [1.165, 1.54) is 18.2 Å². The second kappa shape index (κ2) is 6.88. The summed E-state index contributed by atoms with van der Waals surface area (Å²) in [6.45, 7) is 1.83. The average molecular weight is 307 g/mol. The van der Waals surface area contributed by atoms with E-state index >= 15 is 0 Å². The van der Waals surface area contributed by atoms with E-state index in [1.807, 2.05) is 0 Å². The Kier molecular flexibility index (Phi) is 4.92. The highest BCUT2D eigenvalue weighted by molar-refractivity contribution is 5.97. The van der Waals surface area contributed by atoms with Crippen molar-refractivity contribution in [2.45, 2.75) is 12.8 Å². The first kappa shape index (κ1) is 15.7. The van der Waals surface area contributed by atoms with Crippen molar-refractivity contribution in [3.05, 3.63) is 33.9 Å². The van der Waals surface area contributed by atoms with Gasteiger partial charge in [0.05, 0.1) is 11.5 Å². The van der Waals surface area contributed by atoms with Crippen molar-refractivity contribution in [2.75, 3.05) is 19.7 Å². The summed E-state index contributed by atoms with van der Waals surface area (Å²) < 4.78 is 5.60. The molecule has 0 atom stereocenters. The maximum atomic E-state index is 11.3. The second-order valence-electron chi connectivity index (χ2n) is 5.20. The zero-order chi connectivity index (χ0) is 16.1. The summed E-state index contributed by atoms with van der Waals surface area (Å²) in [7, 11) is 0. The van der Waals surface area contributed by atoms with Gasteiger partial charge in [0.2, 0.25) is 6.41 Å².